The molecule has 0 saturated carbocycles. The molecule has 0 radical (unpaired) electrons. The van der Waals surface area contributed by atoms with Gasteiger partial charge in [0.15, 0.2) is 0 Å². The fourth-order valence-electron chi connectivity index (χ4n) is 0.738. The molecule has 0 bridgehead atoms. The van der Waals surface area contributed by atoms with Gasteiger partial charge in [-0.2, -0.15) is 8.42 Å². The van der Waals surface area contributed by atoms with Gasteiger partial charge in [-0.25, -0.2) is 0 Å². The molecule has 8 heteroatoms. The van der Waals surface area contributed by atoms with E-state index in [-0.39, 0.29) is 13.2 Å². The first kappa shape index (κ1) is 14.5. The van der Waals surface area contributed by atoms with Crippen molar-refractivity contribution >= 4 is 15.9 Å². The average Bonchev–Trinajstić information content (AvgIpc) is 2.14. The molecule has 0 aromatic rings. The van der Waals surface area contributed by atoms with Crippen LogP contribution in [0, 0.1) is 0 Å². The van der Waals surface area contributed by atoms with Crippen LogP contribution in [-0.2, 0) is 24.4 Å². The molecule has 90 valence electrons. The Morgan fingerprint density at radius 3 is 2.33 bits per heavy atom. The topological polar surface area (TPSA) is 110 Å². The third-order valence-corrected chi connectivity index (χ3v) is 2.38. The highest BCUT2D eigenvalue weighted by Gasteiger charge is 2.32. The van der Waals surface area contributed by atoms with Crippen LogP contribution in [0.2, 0.25) is 0 Å². The van der Waals surface area contributed by atoms with Crippen molar-refractivity contribution in [2.75, 3.05) is 20.3 Å². The van der Waals surface area contributed by atoms with Crippen molar-refractivity contribution in [3.05, 3.63) is 0 Å². The van der Waals surface area contributed by atoms with Gasteiger partial charge < -0.3 is 14.6 Å². The van der Waals surface area contributed by atoms with Gasteiger partial charge in [-0.3, -0.25) is 9.35 Å². The van der Waals surface area contributed by atoms with Crippen LogP contribution in [0.25, 0.3) is 0 Å². The van der Waals surface area contributed by atoms with Crippen LogP contribution in [0.1, 0.15) is 6.92 Å². The second-order valence-corrected chi connectivity index (χ2v) is 4.25. The molecule has 0 aliphatic carbocycles. The predicted octanol–water partition coefficient (Wildman–Crippen LogP) is -1.19. The normalized spacial score (nSPS) is 16.0. The van der Waals surface area contributed by atoms with Gasteiger partial charge in [-0.1, -0.05) is 0 Å². The molecule has 2 atom stereocenters. The quantitative estimate of drug-likeness (QED) is 0.426. The second kappa shape index (κ2) is 6.13. The van der Waals surface area contributed by atoms with Gasteiger partial charge in [0.2, 0.25) is 11.2 Å². The van der Waals surface area contributed by atoms with Crippen molar-refractivity contribution in [1.29, 1.82) is 0 Å². The molecule has 0 aromatic heterocycles. The number of rotatable bonds is 7. The Kier molecular flexibility index (Phi) is 5.91. The molecular weight excluding hydrogens is 228 g/mol. The van der Waals surface area contributed by atoms with E-state index in [1.807, 2.05) is 0 Å². The minimum atomic E-state index is -4.78. The number of aliphatic hydroxyl groups excluding tert-OH is 1. The summed E-state index contributed by atoms with van der Waals surface area (Å²) >= 11 is 0. The lowest BCUT2D eigenvalue weighted by atomic mass is 10.3. The Hall–Kier alpha value is -0.540. The van der Waals surface area contributed by atoms with Crippen molar-refractivity contribution in [1.82, 2.24) is 0 Å². The standard InChI is InChI=1S/C7H14O7S/c1-5(14-4-3-13-2)6(8)7(9)15(10,11)12/h5,7,9H,3-4H2,1-2H3,(H,10,11,12). The maximum atomic E-state index is 11.1. The fraction of sp³-hybridized carbons (Fsp3) is 0.857. The smallest absolute Gasteiger partial charge is 0.299 e. The Bertz CT molecular complexity index is 296. The van der Waals surface area contributed by atoms with Crippen molar-refractivity contribution < 1.29 is 32.3 Å². The van der Waals surface area contributed by atoms with E-state index in [4.69, 9.17) is 14.4 Å². The Labute approximate surface area is 87.7 Å². The molecule has 0 spiro atoms. The highest BCUT2D eigenvalue weighted by Crippen LogP contribution is 2.03. The number of aliphatic hydroxyl groups is 1. The number of methoxy groups -OCH3 is 1. The summed E-state index contributed by atoms with van der Waals surface area (Å²) < 4.78 is 38.7. The molecule has 7 nitrogen and oxygen atoms in total. The molecule has 0 aromatic carbocycles. The third kappa shape index (κ3) is 5.19. The molecule has 2 unspecified atom stereocenters. The fourth-order valence-corrected chi connectivity index (χ4v) is 1.22. The van der Waals surface area contributed by atoms with Gasteiger partial charge in [-0.15, -0.1) is 0 Å². The molecule has 0 rings (SSSR count). The summed E-state index contributed by atoms with van der Waals surface area (Å²) in [6.07, 6.45) is -1.13. The third-order valence-electron chi connectivity index (χ3n) is 1.58. The van der Waals surface area contributed by atoms with E-state index >= 15 is 0 Å². The van der Waals surface area contributed by atoms with E-state index in [2.05, 4.69) is 4.74 Å². The van der Waals surface area contributed by atoms with E-state index in [0.29, 0.717) is 0 Å². The zero-order valence-corrected chi connectivity index (χ0v) is 9.23. The highest BCUT2D eigenvalue weighted by atomic mass is 32.2. The lowest BCUT2D eigenvalue weighted by Gasteiger charge is -2.13. The van der Waals surface area contributed by atoms with Crippen LogP contribution in [0.15, 0.2) is 0 Å². The second-order valence-electron chi connectivity index (χ2n) is 2.78. The first-order valence-corrected chi connectivity index (χ1v) is 5.59. The first-order valence-electron chi connectivity index (χ1n) is 4.09. The lowest BCUT2D eigenvalue weighted by Crippen LogP contribution is -2.37. The molecule has 0 aliphatic heterocycles. The Morgan fingerprint density at radius 1 is 1.40 bits per heavy atom. The van der Waals surface area contributed by atoms with E-state index in [9.17, 15) is 13.2 Å². The van der Waals surface area contributed by atoms with E-state index in [0.717, 1.165) is 0 Å². The van der Waals surface area contributed by atoms with Crippen LogP contribution in [0.4, 0.5) is 0 Å². The van der Waals surface area contributed by atoms with Crippen LogP contribution >= 0.6 is 0 Å². The van der Waals surface area contributed by atoms with Gasteiger partial charge in [0, 0.05) is 7.11 Å². The summed E-state index contributed by atoms with van der Waals surface area (Å²) in [5.41, 5.74) is -2.46. The molecule has 0 amide bonds. The maximum absolute atomic E-state index is 11.1. The average molecular weight is 242 g/mol. The molecule has 0 saturated heterocycles. The van der Waals surface area contributed by atoms with E-state index < -0.39 is 27.4 Å². The number of carbonyl (C=O) groups is 1. The summed E-state index contributed by atoms with van der Waals surface area (Å²) in [7, 11) is -3.35. The molecule has 2 N–H and O–H groups in total. The van der Waals surface area contributed by atoms with Gasteiger partial charge >= 0.3 is 0 Å². The van der Waals surface area contributed by atoms with Crippen LogP contribution in [0.3, 0.4) is 0 Å². The van der Waals surface area contributed by atoms with Crippen LogP contribution < -0.4 is 0 Å². The number of carbonyl (C=O) groups excluding carboxylic acids is 1. The highest BCUT2D eigenvalue weighted by molar-refractivity contribution is 7.87. The zero-order chi connectivity index (χ0) is 12.1. The maximum Gasteiger partial charge on any atom is 0.299 e. The van der Waals surface area contributed by atoms with Crippen LogP contribution in [-0.4, -0.2) is 55.7 Å². The molecule has 0 aliphatic rings. The summed E-state index contributed by atoms with van der Waals surface area (Å²) in [6.45, 7) is 1.59. The Balaban J connectivity index is 4.21. The van der Waals surface area contributed by atoms with Gasteiger partial charge in [0.25, 0.3) is 10.1 Å². The van der Waals surface area contributed by atoms with Crippen molar-refractivity contribution in [3.8, 4) is 0 Å². The summed E-state index contributed by atoms with van der Waals surface area (Å²) in [5, 5.41) is 8.88. The SMILES string of the molecule is COCCOC(C)C(=O)C(O)S(=O)(=O)O. The number of ether oxygens (including phenoxy) is 2. The number of hydrogen-bond acceptors (Lipinski definition) is 6. The van der Waals surface area contributed by atoms with Crippen molar-refractivity contribution in [2.45, 2.75) is 18.5 Å². The summed E-state index contributed by atoms with van der Waals surface area (Å²) in [5.74, 6) is -1.12. The number of hydrogen-bond donors (Lipinski definition) is 2. The Morgan fingerprint density at radius 2 is 1.93 bits per heavy atom. The first-order chi connectivity index (χ1) is 6.80. The van der Waals surface area contributed by atoms with Crippen molar-refractivity contribution in [2.24, 2.45) is 0 Å². The zero-order valence-electron chi connectivity index (χ0n) is 8.41. The van der Waals surface area contributed by atoms with E-state index in [1.165, 1.54) is 14.0 Å². The number of ketones is 1. The van der Waals surface area contributed by atoms with Crippen molar-refractivity contribution in [3.63, 3.8) is 0 Å². The molecule has 0 heterocycles. The van der Waals surface area contributed by atoms with Gasteiger partial charge in [-0.05, 0) is 6.92 Å². The van der Waals surface area contributed by atoms with Gasteiger partial charge in [0.05, 0.1) is 13.2 Å². The lowest BCUT2D eigenvalue weighted by molar-refractivity contribution is -0.135. The minimum absolute atomic E-state index is 0.0849. The van der Waals surface area contributed by atoms with Gasteiger partial charge in [0.1, 0.15) is 6.10 Å². The largest absolute Gasteiger partial charge is 0.382 e. The minimum Gasteiger partial charge on any atom is -0.382 e. The monoisotopic (exact) mass is 242 g/mol. The summed E-state index contributed by atoms with van der Waals surface area (Å²) in [4.78, 5) is 11.1. The van der Waals surface area contributed by atoms with Crippen LogP contribution in [0.5, 0.6) is 0 Å². The molecule has 15 heavy (non-hydrogen) atoms. The molecular formula is C7H14O7S. The van der Waals surface area contributed by atoms with E-state index in [1.54, 1.807) is 0 Å². The summed E-state index contributed by atoms with van der Waals surface area (Å²) in [6, 6.07) is 0. The molecule has 0 fully saturated rings. The number of Topliss-reactive ketones (excluding diaryl/α,β-unsaturated/α-hetero) is 1. The predicted molar refractivity (Wildman–Crippen MR) is 49.9 cm³/mol.